The first-order valence-electron chi connectivity index (χ1n) is 12.5. The number of nitrogens with one attached hydrogen (secondary N) is 1. The van der Waals surface area contributed by atoms with Crippen molar-refractivity contribution in [3.8, 4) is 5.69 Å². The van der Waals surface area contributed by atoms with Gasteiger partial charge in [0.1, 0.15) is 6.54 Å². The molecule has 0 fully saturated rings. The second kappa shape index (κ2) is 10.8. The third-order valence-electron chi connectivity index (χ3n) is 6.26. The fourth-order valence-corrected chi connectivity index (χ4v) is 4.49. The number of nitrogens with zero attached hydrogens (tertiary/aromatic N) is 5. The van der Waals surface area contributed by atoms with Crippen LogP contribution in [0.1, 0.15) is 43.6 Å². The first-order chi connectivity index (χ1) is 17.3. The fourth-order valence-electron chi connectivity index (χ4n) is 4.49. The number of hydrogen-bond donors (Lipinski definition) is 1. The molecule has 0 bridgehead atoms. The minimum atomic E-state index is -0.286. The summed E-state index contributed by atoms with van der Waals surface area (Å²) in [5, 5.41) is 7.64. The van der Waals surface area contributed by atoms with E-state index in [1.165, 1.54) is 10.1 Å². The average Bonchev–Trinajstić information content (AvgIpc) is 3.14. The molecule has 0 unspecified atom stereocenters. The molecule has 2 aromatic carbocycles. The van der Waals surface area contributed by atoms with Gasteiger partial charge in [-0.2, -0.15) is 5.10 Å². The summed E-state index contributed by atoms with van der Waals surface area (Å²) in [7, 11) is 0. The number of para-hydroxylation sites is 2. The SMILES string of the molecule is CCCN(CCC)c1nc2ccccc2n(CC(=O)Nc2c(C)nn(-c3ccc(C)cc3)c2C)c1=O. The van der Waals surface area contributed by atoms with Crippen molar-refractivity contribution in [1.29, 1.82) is 0 Å². The quantitative estimate of drug-likeness (QED) is 0.368. The Morgan fingerprint density at radius 1 is 0.972 bits per heavy atom. The average molecular weight is 487 g/mol. The Morgan fingerprint density at radius 3 is 2.31 bits per heavy atom. The first kappa shape index (κ1) is 25.2. The lowest BCUT2D eigenvalue weighted by Crippen LogP contribution is -2.36. The Labute approximate surface area is 211 Å². The number of fused-ring (bicyclic) bond motifs is 1. The van der Waals surface area contributed by atoms with Crippen LogP contribution in [0.15, 0.2) is 53.3 Å². The van der Waals surface area contributed by atoms with Gasteiger partial charge in [-0.25, -0.2) is 9.67 Å². The maximum Gasteiger partial charge on any atom is 0.294 e. The molecule has 36 heavy (non-hydrogen) atoms. The topological polar surface area (TPSA) is 85.1 Å². The Hall–Kier alpha value is -3.94. The van der Waals surface area contributed by atoms with E-state index in [1.54, 1.807) is 0 Å². The number of anilines is 2. The molecule has 2 heterocycles. The van der Waals surface area contributed by atoms with Crippen molar-refractivity contribution < 1.29 is 4.79 Å². The molecule has 2 aromatic heterocycles. The molecule has 0 aliphatic heterocycles. The van der Waals surface area contributed by atoms with Gasteiger partial charge in [-0.05, 0) is 57.9 Å². The predicted octanol–water partition coefficient (Wildman–Crippen LogP) is 4.77. The van der Waals surface area contributed by atoms with Gasteiger partial charge in [0.05, 0.1) is 33.8 Å². The molecule has 0 spiro atoms. The maximum atomic E-state index is 13.6. The summed E-state index contributed by atoms with van der Waals surface area (Å²) in [6.07, 6.45) is 1.80. The van der Waals surface area contributed by atoms with Crippen LogP contribution in [-0.2, 0) is 11.3 Å². The molecule has 4 rings (SSSR count). The molecular weight excluding hydrogens is 452 g/mol. The van der Waals surface area contributed by atoms with Crippen LogP contribution in [0, 0.1) is 20.8 Å². The number of carbonyl (C=O) groups excluding carboxylic acids is 1. The van der Waals surface area contributed by atoms with E-state index in [4.69, 9.17) is 0 Å². The highest BCUT2D eigenvalue weighted by Gasteiger charge is 2.20. The van der Waals surface area contributed by atoms with Crippen LogP contribution in [0.4, 0.5) is 11.5 Å². The molecule has 8 nitrogen and oxygen atoms in total. The Morgan fingerprint density at radius 2 is 1.64 bits per heavy atom. The van der Waals surface area contributed by atoms with Crippen LogP contribution >= 0.6 is 0 Å². The molecule has 1 N–H and O–H groups in total. The van der Waals surface area contributed by atoms with Crippen molar-refractivity contribution in [3.05, 3.63) is 75.8 Å². The summed E-state index contributed by atoms with van der Waals surface area (Å²) in [5.74, 6) is 0.108. The molecule has 0 aliphatic carbocycles. The zero-order valence-electron chi connectivity index (χ0n) is 21.7. The molecule has 0 atom stereocenters. The minimum Gasteiger partial charge on any atom is -0.352 e. The van der Waals surface area contributed by atoms with Crippen molar-refractivity contribution in [1.82, 2.24) is 19.3 Å². The number of hydrogen-bond acceptors (Lipinski definition) is 5. The molecule has 0 aliphatic rings. The lowest BCUT2D eigenvalue weighted by Gasteiger charge is -2.23. The van der Waals surface area contributed by atoms with E-state index in [0.717, 1.165) is 37.3 Å². The fraction of sp³-hybridized carbons (Fsp3) is 0.357. The highest BCUT2D eigenvalue weighted by molar-refractivity contribution is 5.93. The van der Waals surface area contributed by atoms with E-state index < -0.39 is 0 Å². The van der Waals surface area contributed by atoms with E-state index in [9.17, 15) is 9.59 Å². The predicted molar refractivity (Wildman–Crippen MR) is 145 cm³/mol. The van der Waals surface area contributed by atoms with Crippen molar-refractivity contribution in [2.45, 2.75) is 54.0 Å². The maximum absolute atomic E-state index is 13.6. The van der Waals surface area contributed by atoms with Crippen LogP contribution in [0.2, 0.25) is 0 Å². The third kappa shape index (κ3) is 5.03. The molecule has 1 amide bonds. The molecule has 8 heteroatoms. The van der Waals surface area contributed by atoms with Crippen molar-refractivity contribution in [2.75, 3.05) is 23.3 Å². The van der Waals surface area contributed by atoms with Gasteiger partial charge in [0.25, 0.3) is 5.56 Å². The van der Waals surface area contributed by atoms with E-state index in [0.29, 0.717) is 28.2 Å². The summed E-state index contributed by atoms with van der Waals surface area (Å²) in [6.45, 7) is 11.3. The number of amides is 1. The lowest BCUT2D eigenvalue weighted by molar-refractivity contribution is -0.116. The Kier molecular flexibility index (Phi) is 7.52. The third-order valence-corrected chi connectivity index (χ3v) is 6.26. The van der Waals surface area contributed by atoms with E-state index >= 15 is 0 Å². The first-order valence-corrected chi connectivity index (χ1v) is 12.5. The van der Waals surface area contributed by atoms with Crippen LogP contribution in [0.25, 0.3) is 16.7 Å². The van der Waals surface area contributed by atoms with Gasteiger partial charge in [0.2, 0.25) is 5.91 Å². The van der Waals surface area contributed by atoms with Crippen molar-refractivity contribution in [2.24, 2.45) is 0 Å². The van der Waals surface area contributed by atoms with Crippen LogP contribution in [-0.4, -0.2) is 38.3 Å². The number of aromatic nitrogens is 4. The van der Waals surface area contributed by atoms with E-state index in [-0.39, 0.29) is 18.0 Å². The second-order valence-corrected chi connectivity index (χ2v) is 9.14. The minimum absolute atomic E-state index is 0.116. The van der Waals surface area contributed by atoms with Gasteiger partial charge >= 0.3 is 0 Å². The number of carbonyl (C=O) groups is 1. The van der Waals surface area contributed by atoms with Gasteiger partial charge in [-0.3, -0.25) is 14.2 Å². The number of benzene rings is 2. The monoisotopic (exact) mass is 486 g/mol. The van der Waals surface area contributed by atoms with Crippen LogP contribution < -0.4 is 15.8 Å². The Balaban J connectivity index is 1.68. The molecule has 0 radical (unpaired) electrons. The molecule has 0 saturated heterocycles. The Bertz CT molecular complexity index is 1430. The van der Waals surface area contributed by atoms with E-state index in [1.807, 2.05) is 78.9 Å². The summed E-state index contributed by atoms with van der Waals surface area (Å²) in [5.41, 5.74) is 5.37. The van der Waals surface area contributed by atoms with Crippen molar-refractivity contribution >= 4 is 28.4 Å². The summed E-state index contributed by atoms with van der Waals surface area (Å²) in [6, 6.07) is 15.5. The number of rotatable bonds is 9. The van der Waals surface area contributed by atoms with Gasteiger partial charge in [-0.15, -0.1) is 0 Å². The van der Waals surface area contributed by atoms with Gasteiger partial charge < -0.3 is 10.2 Å². The van der Waals surface area contributed by atoms with Gasteiger partial charge in [-0.1, -0.05) is 43.7 Å². The van der Waals surface area contributed by atoms with Gasteiger partial charge in [0, 0.05) is 13.1 Å². The molecular formula is C28H34N6O2. The molecule has 0 saturated carbocycles. The second-order valence-electron chi connectivity index (χ2n) is 9.14. The van der Waals surface area contributed by atoms with Crippen LogP contribution in [0.3, 0.4) is 0 Å². The summed E-state index contributed by atoms with van der Waals surface area (Å²) < 4.78 is 3.35. The zero-order valence-corrected chi connectivity index (χ0v) is 21.7. The van der Waals surface area contributed by atoms with Crippen LogP contribution in [0.5, 0.6) is 0 Å². The lowest BCUT2D eigenvalue weighted by atomic mass is 10.2. The molecule has 4 aromatic rings. The summed E-state index contributed by atoms with van der Waals surface area (Å²) in [4.78, 5) is 33.5. The summed E-state index contributed by atoms with van der Waals surface area (Å²) >= 11 is 0. The smallest absolute Gasteiger partial charge is 0.294 e. The number of aryl methyl sites for hydroxylation is 2. The largest absolute Gasteiger partial charge is 0.352 e. The van der Waals surface area contributed by atoms with Gasteiger partial charge in [0.15, 0.2) is 5.82 Å². The van der Waals surface area contributed by atoms with Crippen molar-refractivity contribution in [3.63, 3.8) is 0 Å². The standard InChI is InChI=1S/C28H34N6O2/c1-6-16-32(17-7-2)27-28(36)33(24-11-9-8-10-23(24)29-27)18-25(35)30-26-20(4)31-34(21(26)5)22-14-12-19(3)13-15-22/h8-15H,6-7,16-18H2,1-5H3,(H,30,35). The zero-order chi connectivity index (χ0) is 25.8. The highest BCUT2D eigenvalue weighted by Crippen LogP contribution is 2.23. The highest BCUT2D eigenvalue weighted by atomic mass is 16.2. The molecule has 188 valence electrons. The normalized spacial score (nSPS) is 11.1. The van der Waals surface area contributed by atoms with E-state index in [2.05, 4.69) is 29.2 Å².